The van der Waals surface area contributed by atoms with E-state index in [1.54, 1.807) is 18.1 Å². The summed E-state index contributed by atoms with van der Waals surface area (Å²) in [6, 6.07) is 14.8. The number of fused-ring (bicyclic) bond motifs is 1. The molecule has 3 atom stereocenters. The van der Waals surface area contributed by atoms with Gasteiger partial charge >= 0.3 is 0 Å². The highest BCUT2D eigenvalue weighted by molar-refractivity contribution is 7.79. The first-order valence-electron chi connectivity index (χ1n) is 10.7. The number of rotatable bonds is 9. The monoisotopic (exact) mass is 453 g/mol. The van der Waals surface area contributed by atoms with E-state index in [1.807, 2.05) is 48.5 Å². The maximum absolute atomic E-state index is 13.7. The number of benzene rings is 2. The van der Waals surface area contributed by atoms with Crippen molar-refractivity contribution in [2.75, 3.05) is 19.3 Å². The lowest BCUT2D eigenvalue weighted by molar-refractivity contribution is -0.126. The van der Waals surface area contributed by atoms with Crippen molar-refractivity contribution < 1.29 is 18.4 Å². The van der Waals surface area contributed by atoms with Gasteiger partial charge in [-0.3, -0.25) is 14.9 Å². The molecule has 3 N–H and O–H groups in total. The standard InChI is InChI=1S/C24H27N3O4S/c1-27-15-18(13-22(27)28)26-23(17-7-3-2-4-8-17)24(29)20-14-25-21-10-9-16(12-19(20)21)6-5-11-32(30)31/h2-4,7-10,12,14,18,23,25-26H,5-6,11,13,15H2,1H3,(H,30,31). The molecule has 1 fully saturated rings. The van der Waals surface area contributed by atoms with Crippen LogP contribution >= 0.6 is 0 Å². The Hall–Kier alpha value is -2.81. The Balaban J connectivity index is 1.62. The number of H-pyrrole nitrogens is 1. The summed E-state index contributed by atoms with van der Waals surface area (Å²) < 4.78 is 19.9. The van der Waals surface area contributed by atoms with Crippen LogP contribution in [0.4, 0.5) is 0 Å². The van der Waals surface area contributed by atoms with E-state index < -0.39 is 17.1 Å². The first kappa shape index (κ1) is 22.4. The third kappa shape index (κ3) is 4.98. The largest absolute Gasteiger partial charge is 0.360 e. The molecule has 1 aliphatic rings. The van der Waals surface area contributed by atoms with Gasteiger partial charge in [-0.05, 0) is 36.1 Å². The van der Waals surface area contributed by atoms with E-state index in [2.05, 4.69) is 10.3 Å². The lowest BCUT2D eigenvalue weighted by atomic mass is 9.95. The Morgan fingerprint density at radius 2 is 2.06 bits per heavy atom. The van der Waals surface area contributed by atoms with Crippen LogP contribution in [-0.2, 0) is 22.3 Å². The van der Waals surface area contributed by atoms with Gasteiger partial charge in [0.2, 0.25) is 5.91 Å². The van der Waals surface area contributed by atoms with Crippen LogP contribution in [0.2, 0.25) is 0 Å². The van der Waals surface area contributed by atoms with Crippen LogP contribution in [0, 0.1) is 0 Å². The minimum absolute atomic E-state index is 0.0573. The summed E-state index contributed by atoms with van der Waals surface area (Å²) in [5.74, 6) is 0.242. The average Bonchev–Trinajstić information content (AvgIpc) is 3.34. The molecular weight excluding hydrogens is 426 g/mol. The van der Waals surface area contributed by atoms with Crippen LogP contribution in [0.5, 0.6) is 0 Å². The highest BCUT2D eigenvalue weighted by Gasteiger charge is 2.32. The van der Waals surface area contributed by atoms with Gasteiger partial charge in [0.05, 0.1) is 6.04 Å². The molecule has 0 aliphatic carbocycles. The van der Waals surface area contributed by atoms with Crippen molar-refractivity contribution in [3.05, 3.63) is 71.4 Å². The molecule has 2 heterocycles. The lowest BCUT2D eigenvalue weighted by Crippen LogP contribution is -2.38. The van der Waals surface area contributed by atoms with Gasteiger partial charge in [0, 0.05) is 54.5 Å². The zero-order valence-electron chi connectivity index (χ0n) is 17.9. The Morgan fingerprint density at radius 3 is 2.75 bits per heavy atom. The van der Waals surface area contributed by atoms with Gasteiger partial charge in [-0.25, -0.2) is 4.21 Å². The van der Waals surface area contributed by atoms with Crippen molar-refractivity contribution in [3.8, 4) is 0 Å². The molecule has 0 radical (unpaired) electrons. The first-order chi connectivity index (χ1) is 15.4. The molecule has 0 spiro atoms. The third-order valence-corrected chi connectivity index (χ3v) is 6.57. The van der Waals surface area contributed by atoms with Crippen molar-refractivity contribution >= 4 is 33.7 Å². The normalized spacial score (nSPS) is 18.2. The number of aryl methyl sites for hydroxylation is 1. The SMILES string of the molecule is CN1CC(NC(C(=O)c2c[nH]c3ccc(CCCS(=O)O)cc23)c2ccccc2)CC1=O. The molecule has 0 saturated carbocycles. The number of nitrogens with zero attached hydrogens (tertiary/aromatic N) is 1. The van der Waals surface area contributed by atoms with E-state index >= 15 is 0 Å². The number of likely N-dealkylation sites (tertiary alicyclic amines) is 1. The van der Waals surface area contributed by atoms with Crippen LogP contribution in [-0.4, -0.2) is 55.7 Å². The second-order valence-corrected chi connectivity index (χ2v) is 9.31. The number of aromatic amines is 1. The smallest absolute Gasteiger partial charge is 0.224 e. The van der Waals surface area contributed by atoms with Crippen molar-refractivity contribution in [2.24, 2.45) is 0 Å². The topological polar surface area (TPSA) is 102 Å². The molecule has 4 rings (SSSR count). The molecule has 1 aromatic heterocycles. The molecule has 8 heteroatoms. The molecule has 3 aromatic rings. The third-order valence-electron chi connectivity index (χ3n) is 5.93. The van der Waals surface area contributed by atoms with E-state index in [1.165, 1.54) is 0 Å². The van der Waals surface area contributed by atoms with Crippen LogP contribution in [0.1, 0.15) is 40.4 Å². The second kappa shape index (κ2) is 9.77. The average molecular weight is 454 g/mol. The second-order valence-electron chi connectivity index (χ2n) is 8.26. The molecule has 2 aromatic carbocycles. The maximum atomic E-state index is 13.7. The number of carbonyl (C=O) groups excluding carboxylic acids is 2. The molecule has 168 valence electrons. The number of carbonyl (C=O) groups is 2. The van der Waals surface area contributed by atoms with Gasteiger partial charge in [0.15, 0.2) is 16.9 Å². The quantitative estimate of drug-likeness (QED) is 0.341. The van der Waals surface area contributed by atoms with Crippen molar-refractivity contribution in [3.63, 3.8) is 0 Å². The molecule has 1 aliphatic heterocycles. The summed E-state index contributed by atoms with van der Waals surface area (Å²) >= 11 is -1.80. The number of aromatic nitrogens is 1. The molecular formula is C24H27N3O4S. The van der Waals surface area contributed by atoms with Crippen molar-refractivity contribution in [2.45, 2.75) is 31.3 Å². The molecule has 1 saturated heterocycles. The molecule has 3 unspecified atom stereocenters. The number of ketones is 1. The fourth-order valence-corrected chi connectivity index (χ4v) is 4.65. The highest BCUT2D eigenvalue weighted by Crippen LogP contribution is 2.27. The molecule has 32 heavy (non-hydrogen) atoms. The number of nitrogens with one attached hydrogen (secondary N) is 2. The van der Waals surface area contributed by atoms with Gasteiger partial charge < -0.3 is 14.4 Å². The Kier molecular flexibility index (Phi) is 6.83. The summed E-state index contributed by atoms with van der Waals surface area (Å²) in [5.41, 5.74) is 3.33. The van der Waals surface area contributed by atoms with Gasteiger partial charge in [-0.15, -0.1) is 0 Å². The summed E-state index contributed by atoms with van der Waals surface area (Å²) in [4.78, 5) is 30.6. The summed E-state index contributed by atoms with van der Waals surface area (Å²) in [6.45, 7) is 0.569. The van der Waals surface area contributed by atoms with E-state index in [0.717, 1.165) is 22.0 Å². The summed E-state index contributed by atoms with van der Waals surface area (Å²) in [7, 11) is 1.77. The molecule has 0 bridgehead atoms. The van der Waals surface area contributed by atoms with Crippen molar-refractivity contribution in [1.82, 2.24) is 15.2 Å². The van der Waals surface area contributed by atoms with Crippen LogP contribution in [0.3, 0.4) is 0 Å². The van der Waals surface area contributed by atoms with Crippen LogP contribution < -0.4 is 5.32 Å². The minimum Gasteiger partial charge on any atom is -0.360 e. The van der Waals surface area contributed by atoms with E-state index in [9.17, 15) is 13.8 Å². The zero-order valence-corrected chi connectivity index (χ0v) is 18.7. The summed E-state index contributed by atoms with van der Waals surface area (Å²) in [6.07, 6.45) is 3.37. The predicted molar refractivity (Wildman–Crippen MR) is 125 cm³/mol. The van der Waals surface area contributed by atoms with E-state index in [0.29, 0.717) is 31.4 Å². The fraction of sp³-hybridized carbons (Fsp3) is 0.333. The number of Topliss-reactive ketones (excluding diaryl/α,β-unsaturated/α-hetero) is 1. The Morgan fingerprint density at radius 1 is 1.28 bits per heavy atom. The van der Waals surface area contributed by atoms with E-state index in [4.69, 9.17) is 4.55 Å². The van der Waals surface area contributed by atoms with Crippen LogP contribution in [0.15, 0.2) is 54.7 Å². The first-order valence-corrected chi connectivity index (χ1v) is 12.0. The number of hydrogen-bond acceptors (Lipinski definition) is 4. The van der Waals surface area contributed by atoms with Gasteiger partial charge in [0.25, 0.3) is 0 Å². The van der Waals surface area contributed by atoms with Crippen LogP contribution in [0.25, 0.3) is 10.9 Å². The lowest BCUT2D eigenvalue weighted by Gasteiger charge is -2.22. The van der Waals surface area contributed by atoms with Crippen molar-refractivity contribution in [1.29, 1.82) is 0 Å². The zero-order chi connectivity index (χ0) is 22.7. The predicted octanol–water partition coefficient (Wildman–Crippen LogP) is 3.07. The minimum atomic E-state index is -1.80. The number of amides is 1. The Bertz CT molecular complexity index is 1140. The molecule has 1 amide bonds. The van der Waals surface area contributed by atoms with Gasteiger partial charge in [-0.2, -0.15) is 0 Å². The Labute approximate surface area is 189 Å². The fourth-order valence-electron chi connectivity index (χ4n) is 4.26. The van der Waals surface area contributed by atoms with E-state index in [-0.39, 0.29) is 23.5 Å². The van der Waals surface area contributed by atoms with Gasteiger partial charge in [-0.1, -0.05) is 36.4 Å². The maximum Gasteiger partial charge on any atom is 0.224 e. The van der Waals surface area contributed by atoms with Gasteiger partial charge in [0.1, 0.15) is 0 Å². The molecule has 7 nitrogen and oxygen atoms in total. The highest BCUT2D eigenvalue weighted by atomic mass is 32.2. The number of hydrogen-bond donors (Lipinski definition) is 3. The summed E-state index contributed by atoms with van der Waals surface area (Å²) in [5, 5.41) is 4.25. The number of likely N-dealkylation sites (N-methyl/N-ethyl adjacent to an activating group) is 1.